The first-order chi connectivity index (χ1) is 11.5. The molecule has 0 bridgehead atoms. The molecule has 7 heteroatoms. The van der Waals surface area contributed by atoms with E-state index in [-0.39, 0.29) is 12.0 Å². The first-order valence-corrected chi connectivity index (χ1v) is 8.63. The van der Waals surface area contributed by atoms with Gasteiger partial charge in [-0.15, -0.1) is 0 Å². The van der Waals surface area contributed by atoms with Crippen LogP contribution >= 0.6 is 15.9 Å². The summed E-state index contributed by atoms with van der Waals surface area (Å²) in [6, 6.07) is 5.52. The molecule has 0 unspecified atom stereocenters. The van der Waals surface area contributed by atoms with Gasteiger partial charge in [0.1, 0.15) is 24.2 Å². The van der Waals surface area contributed by atoms with Gasteiger partial charge in [-0.25, -0.2) is 4.79 Å². The lowest BCUT2D eigenvalue weighted by atomic mass is 10.0. The van der Waals surface area contributed by atoms with Gasteiger partial charge in [0.05, 0.1) is 7.11 Å². The predicted molar refractivity (Wildman–Crippen MR) is 93.3 cm³/mol. The summed E-state index contributed by atoms with van der Waals surface area (Å²) in [5.41, 5.74) is 1.38. The van der Waals surface area contributed by atoms with Crippen molar-refractivity contribution in [3.63, 3.8) is 0 Å². The smallest absolute Gasteiger partial charge is 0.347 e. The van der Waals surface area contributed by atoms with Crippen molar-refractivity contribution in [2.24, 2.45) is 11.1 Å². The van der Waals surface area contributed by atoms with Crippen LogP contribution in [0, 0.1) is 5.92 Å². The van der Waals surface area contributed by atoms with Gasteiger partial charge in [0.15, 0.2) is 6.10 Å². The highest BCUT2D eigenvalue weighted by atomic mass is 79.9. The van der Waals surface area contributed by atoms with Crippen molar-refractivity contribution in [1.82, 2.24) is 0 Å². The van der Waals surface area contributed by atoms with Crippen LogP contribution in [-0.2, 0) is 19.1 Å². The van der Waals surface area contributed by atoms with Crippen molar-refractivity contribution < 1.29 is 23.8 Å². The van der Waals surface area contributed by atoms with Gasteiger partial charge < -0.3 is 19.0 Å². The van der Waals surface area contributed by atoms with E-state index in [2.05, 4.69) is 21.1 Å². The maximum Gasteiger partial charge on any atom is 0.347 e. The molecule has 0 aliphatic carbocycles. The van der Waals surface area contributed by atoms with Crippen molar-refractivity contribution >= 4 is 27.6 Å². The van der Waals surface area contributed by atoms with Crippen LogP contribution < -0.4 is 4.74 Å². The Morgan fingerprint density at radius 1 is 1.46 bits per heavy atom. The number of carbonyl (C=O) groups is 1. The van der Waals surface area contributed by atoms with Crippen LogP contribution in [-0.4, -0.2) is 44.2 Å². The van der Waals surface area contributed by atoms with E-state index in [4.69, 9.17) is 19.0 Å². The molecule has 1 heterocycles. The lowest BCUT2D eigenvalue weighted by molar-refractivity contribution is -0.150. The molecule has 0 fully saturated rings. The number of methoxy groups -OCH3 is 1. The number of carbonyl (C=O) groups excluding carboxylic acids is 1. The summed E-state index contributed by atoms with van der Waals surface area (Å²) in [5, 5.41) is 4.10. The average Bonchev–Trinajstić information content (AvgIpc) is 3.01. The number of halogens is 1. The fourth-order valence-electron chi connectivity index (χ4n) is 2.38. The SMILES string of the molecule is CCO[C@@H]1CON=C1c1cc(Br)ccc1O[C@H](C(=O)OC)C(C)C. The van der Waals surface area contributed by atoms with E-state index in [0.29, 0.717) is 24.7 Å². The summed E-state index contributed by atoms with van der Waals surface area (Å²) in [5.74, 6) is 0.0829. The first kappa shape index (κ1) is 18.7. The molecule has 1 aliphatic rings. The van der Waals surface area contributed by atoms with Gasteiger partial charge in [-0.2, -0.15) is 0 Å². The fraction of sp³-hybridized carbons (Fsp3) is 0.529. The van der Waals surface area contributed by atoms with E-state index in [1.807, 2.05) is 32.9 Å². The molecule has 0 radical (unpaired) electrons. The molecule has 6 nitrogen and oxygen atoms in total. The van der Waals surface area contributed by atoms with Crippen LogP contribution in [0.1, 0.15) is 26.3 Å². The van der Waals surface area contributed by atoms with Gasteiger partial charge in [0.25, 0.3) is 0 Å². The van der Waals surface area contributed by atoms with E-state index in [1.54, 1.807) is 6.07 Å². The van der Waals surface area contributed by atoms with Crippen LogP contribution in [0.25, 0.3) is 0 Å². The lowest BCUT2D eigenvalue weighted by Crippen LogP contribution is -2.34. The second-order valence-corrected chi connectivity index (χ2v) is 6.58. The Balaban J connectivity index is 2.36. The van der Waals surface area contributed by atoms with E-state index < -0.39 is 12.1 Å². The molecule has 0 saturated carbocycles. The van der Waals surface area contributed by atoms with Crippen molar-refractivity contribution in [3.8, 4) is 5.75 Å². The molecule has 24 heavy (non-hydrogen) atoms. The number of oxime groups is 1. The summed E-state index contributed by atoms with van der Waals surface area (Å²) >= 11 is 3.46. The molecule has 0 saturated heterocycles. The first-order valence-electron chi connectivity index (χ1n) is 7.83. The minimum atomic E-state index is -0.705. The molecule has 132 valence electrons. The highest BCUT2D eigenvalue weighted by Gasteiger charge is 2.31. The van der Waals surface area contributed by atoms with Crippen molar-refractivity contribution in [2.45, 2.75) is 33.0 Å². The fourth-order valence-corrected chi connectivity index (χ4v) is 2.74. The van der Waals surface area contributed by atoms with Crippen molar-refractivity contribution in [1.29, 1.82) is 0 Å². The minimum Gasteiger partial charge on any atom is -0.478 e. The summed E-state index contributed by atoms with van der Waals surface area (Å²) in [4.78, 5) is 17.2. The van der Waals surface area contributed by atoms with Gasteiger partial charge in [-0.05, 0) is 25.1 Å². The molecule has 0 N–H and O–H groups in total. The maximum atomic E-state index is 12.0. The molecule has 2 rings (SSSR count). The summed E-state index contributed by atoms with van der Waals surface area (Å²) < 4.78 is 17.3. The highest BCUT2D eigenvalue weighted by Crippen LogP contribution is 2.29. The number of benzene rings is 1. The van der Waals surface area contributed by atoms with E-state index in [9.17, 15) is 4.79 Å². The number of ether oxygens (including phenoxy) is 3. The molecule has 1 aromatic carbocycles. The monoisotopic (exact) mass is 399 g/mol. The standard InChI is InChI=1S/C17H22BrNO5/c1-5-22-14-9-23-19-15(14)12-8-11(18)6-7-13(12)24-16(10(2)3)17(20)21-4/h6-8,10,14,16H,5,9H2,1-4H3/t14-,16+/m1/s1. The summed E-state index contributed by atoms with van der Waals surface area (Å²) in [7, 11) is 1.35. The number of hydrogen-bond acceptors (Lipinski definition) is 6. The van der Waals surface area contributed by atoms with Crippen LogP contribution in [0.15, 0.2) is 27.8 Å². The molecular formula is C17H22BrNO5. The van der Waals surface area contributed by atoms with Crippen molar-refractivity contribution in [2.75, 3.05) is 20.3 Å². The Labute approximate surface area is 150 Å². The highest BCUT2D eigenvalue weighted by molar-refractivity contribution is 9.10. The van der Waals surface area contributed by atoms with Gasteiger partial charge in [0.2, 0.25) is 0 Å². The Bertz CT molecular complexity index is 617. The van der Waals surface area contributed by atoms with Gasteiger partial charge in [-0.3, -0.25) is 0 Å². The Morgan fingerprint density at radius 2 is 2.21 bits per heavy atom. The maximum absolute atomic E-state index is 12.0. The van der Waals surface area contributed by atoms with Gasteiger partial charge in [-0.1, -0.05) is 34.9 Å². The largest absolute Gasteiger partial charge is 0.478 e. The zero-order valence-electron chi connectivity index (χ0n) is 14.2. The zero-order chi connectivity index (χ0) is 17.7. The Hall–Kier alpha value is -1.60. The second kappa shape index (κ2) is 8.48. The summed E-state index contributed by atoms with van der Waals surface area (Å²) in [6.45, 7) is 6.63. The molecule has 1 aromatic rings. The third-order valence-electron chi connectivity index (χ3n) is 3.57. The summed E-state index contributed by atoms with van der Waals surface area (Å²) in [6.07, 6.45) is -0.967. The number of nitrogens with zero attached hydrogens (tertiary/aromatic N) is 1. The normalized spacial score (nSPS) is 18.1. The van der Waals surface area contributed by atoms with Crippen molar-refractivity contribution in [3.05, 3.63) is 28.2 Å². The lowest BCUT2D eigenvalue weighted by Gasteiger charge is -2.22. The number of rotatable bonds is 7. The molecule has 2 atom stereocenters. The quantitative estimate of drug-likeness (QED) is 0.658. The molecule has 0 spiro atoms. The van der Waals surface area contributed by atoms with Gasteiger partial charge in [0, 0.05) is 22.6 Å². The van der Waals surface area contributed by atoms with E-state index in [0.717, 1.165) is 10.0 Å². The topological polar surface area (TPSA) is 66.3 Å². The number of hydrogen-bond donors (Lipinski definition) is 0. The van der Waals surface area contributed by atoms with E-state index >= 15 is 0 Å². The van der Waals surface area contributed by atoms with Crippen LogP contribution in [0.4, 0.5) is 0 Å². The molecule has 0 amide bonds. The van der Waals surface area contributed by atoms with Gasteiger partial charge >= 0.3 is 5.97 Å². The molecule has 0 aromatic heterocycles. The predicted octanol–water partition coefficient (Wildman–Crippen LogP) is 3.16. The third-order valence-corrected chi connectivity index (χ3v) is 4.07. The molecular weight excluding hydrogens is 378 g/mol. The minimum absolute atomic E-state index is 0.0431. The Morgan fingerprint density at radius 3 is 2.83 bits per heavy atom. The average molecular weight is 400 g/mol. The zero-order valence-corrected chi connectivity index (χ0v) is 15.8. The van der Waals surface area contributed by atoms with Crippen LogP contribution in [0.3, 0.4) is 0 Å². The van der Waals surface area contributed by atoms with Crippen LogP contribution in [0.5, 0.6) is 5.75 Å². The third kappa shape index (κ3) is 4.27. The second-order valence-electron chi connectivity index (χ2n) is 5.66. The Kier molecular flexibility index (Phi) is 6.62. The van der Waals surface area contributed by atoms with E-state index in [1.165, 1.54) is 7.11 Å². The number of esters is 1. The molecule has 1 aliphatic heterocycles. The van der Waals surface area contributed by atoms with Crippen LogP contribution in [0.2, 0.25) is 0 Å².